The third-order valence-corrected chi connectivity index (χ3v) is 3.88. The number of hydrogen-bond acceptors (Lipinski definition) is 4. The number of nitro benzene ring substituents is 1. The van der Waals surface area contributed by atoms with Gasteiger partial charge in [-0.25, -0.2) is 0 Å². The fourth-order valence-corrected chi connectivity index (χ4v) is 2.70. The highest BCUT2D eigenvalue weighted by atomic mass is 19.4. The Hall–Kier alpha value is -1.83. The van der Waals surface area contributed by atoms with E-state index in [1.54, 1.807) is 0 Å². The van der Waals surface area contributed by atoms with E-state index >= 15 is 0 Å². The van der Waals surface area contributed by atoms with Crippen molar-refractivity contribution in [2.45, 2.75) is 25.6 Å². The van der Waals surface area contributed by atoms with Crippen molar-refractivity contribution in [3.05, 3.63) is 33.9 Å². The molecule has 1 N–H and O–H groups in total. The summed E-state index contributed by atoms with van der Waals surface area (Å²) in [5.74, 6) is 0.0614. The highest BCUT2D eigenvalue weighted by Gasteiger charge is 2.40. The number of nitro groups is 1. The molecule has 1 fully saturated rings. The van der Waals surface area contributed by atoms with Crippen LogP contribution in [0.4, 0.5) is 24.5 Å². The lowest BCUT2D eigenvalue weighted by atomic mass is 10.0. The van der Waals surface area contributed by atoms with Gasteiger partial charge in [-0.15, -0.1) is 0 Å². The molecule has 116 valence electrons. The molecule has 0 radical (unpaired) electrons. The fourth-order valence-electron chi connectivity index (χ4n) is 2.70. The minimum atomic E-state index is -4.69. The number of anilines is 1. The zero-order chi connectivity index (χ0) is 15.8. The van der Waals surface area contributed by atoms with Crippen molar-refractivity contribution in [3.8, 4) is 0 Å². The Kier molecular flexibility index (Phi) is 4.08. The van der Waals surface area contributed by atoms with Crippen LogP contribution in [0, 0.1) is 16.0 Å². The zero-order valence-electron chi connectivity index (χ0n) is 11.3. The molecule has 1 heterocycles. The van der Waals surface area contributed by atoms with Crippen LogP contribution in [0.25, 0.3) is 0 Å². The predicted molar refractivity (Wildman–Crippen MR) is 70.1 cm³/mol. The Bertz CT molecular complexity index is 548. The Morgan fingerprint density at radius 2 is 2.14 bits per heavy atom. The molecule has 0 spiro atoms. The molecule has 1 aromatic carbocycles. The van der Waals surface area contributed by atoms with E-state index in [0.717, 1.165) is 12.1 Å². The van der Waals surface area contributed by atoms with Gasteiger partial charge < -0.3 is 10.0 Å². The lowest BCUT2D eigenvalue weighted by Gasteiger charge is -2.29. The highest BCUT2D eigenvalue weighted by molar-refractivity contribution is 5.60. The maximum Gasteiger partial charge on any atom is 0.418 e. The standard InChI is InChI=1S/C13H15F3N2O3/c1-8-4-5-17(12(8)7-19)11-3-2-9(18(20)21)6-10(11)13(14,15)16/h2-3,6,8,12,19H,4-5,7H2,1H3. The summed E-state index contributed by atoms with van der Waals surface area (Å²) in [5, 5.41) is 20.0. The Morgan fingerprint density at radius 1 is 1.48 bits per heavy atom. The molecule has 1 aromatic rings. The number of aliphatic hydroxyl groups is 1. The van der Waals surface area contributed by atoms with Crippen molar-refractivity contribution >= 4 is 11.4 Å². The van der Waals surface area contributed by atoms with Gasteiger partial charge in [0.15, 0.2) is 0 Å². The van der Waals surface area contributed by atoms with Gasteiger partial charge in [-0.3, -0.25) is 10.1 Å². The summed E-state index contributed by atoms with van der Waals surface area (Å²) in [5.41, 5.74) is -1.75. The van der Waals surface area contributed by atoms with Gasteiger partial charge in [0, 0.05) is 24.4 Å². The number of non-ortho nitro benzene ring substituents is 1. The molecule has 1 saturated heterocycles. The van der Waals surface area contributed by atoms with Crippen LogP contribution < -0.4 is 4.90 Å². The van der Waals surface area contributed by atoms with Crippen molar-refractivity contribution in [1.29, 1.82) is 0 Å². The molecular formula is C13H15F3N2O3. The molecule has 21 heavy (non-hydrogen) atoms. The van der Waals surface area contributed by atoms with Crippen molar-refractivity contribution < 1.29 is 23.2 Å². The smallest absolute Gasteiger partial charge is 0.394 e. The van der Waals surface area contributed by atoms with Crippen LogP contribution in [0.15, 0.2) is 18.2 Å². The molecule has 8 heteroatoms. The number of aliphatic hydroxyl groups excluding tert-OH is 1. The van der Waals surface area contributed by atoms with Gasteiger partial charge in [0.1, 0.15) is 0 Å². The SMILES string of the molecule is CC1CCN(c2ccc([N+](=O)[O-])cc2C(F)(F)F)C1CO. The Balaban J connectivity index is 2.50. The molecule has 5 nitrogen and oxygen atoms in total. The zero-order valence-corrected chi connectivity index (χ0v) is 11.3. The Labute approximate surface area is 119 Å². The summed E-state index contributed by atoms with van der Waals surface area (Å²) in [6.07, 6.45) is -4.02. The molecule has 0 bridgehead atoms. The van der Waals surface area contributed by atoms with Crippen molar-refractivity contribution in [2.24, 2.45) is 5.92 Å². The van der Waals surface area contributed by atoms with E-state index in [1.165, 1.54) is 4.90 Å². The molecule has 0 amide bonds. The van der Waals surface area contributed by atoms with Gasteiger partial charge in [0.25, 0.3) is 5.69 Å². The van der Waals surface area contributed by atoms with Crippen LogP contribution in [0.5, 0.6) is 0 Å². The lowest BCUT2D eigenvalue weighted by molar-refractivity contribution is -0.385. The normalized spacial score (nSPS) is 22.6. The summed E-state index contributed by atoms with van der Waals surface area (Å²) in [6.45, 7) is 1.99. The van der Waals surface area contributed by atoms with E-state index in [9.17, 15) is 28.4 Å². The second-order valence-electron chi connectivity index (χ2n) is 5.17. The molecule has 2 unspecified atom stereocenters. The second-order valence-corrected chi connectivity index (χ2v) is 5.17. The molecule has 2 atom stereocenters. The molecule has 1 aliphatic heterocycles. The highest BCUT2D eigenvalue weighted by Crippen LogP contribution is 2.41. The number of halogens is 3. The third kappa shape index (κ3) is 2.94. The summed E-state index contributed by atoms with van der Waals surface area (Å²) in [7, 11) is 0. The monoisotopic (exact) mass is 304 g/mol. The van der Waals surface area contributed by atoms with Crippen molar-refractivity contribution in [3.63, 3.8) is 0 Å². The number of rotatable bonds is 3. The first-order valence-electron chi connectivity index (χ1n) is 6.49. The predicted octanol–water partition coefficient (Wildman–Crippen LogP) is 2.82. The maximum absolute atomic E-state index is 13.2. The van der Waals surface area contributed by atoms with E-state index in [1.807, 2.05) is 6.92 Å². The largest absolute Gasteiger partial charge is 0.418 e. The molecule has 2 rings (SSSR count). The first-order chi connectivity index (χ1) is 9.75. The minimum absolute atomic E-state index is 0.0614. The summed E-state index contributed by atoms with van der Waals surface area (Å²) < 4.78 is 39.5. The van der Waals surface area contributed by atoms with E-state index in [2.05, 4.69) is 0 Å². The van der Waals surface area contributed by atoms with E-state index < -0.39 is 28.4 Å². The number of nitrogens with zero attached hydrogens (tertiary/aromatic N) is 2. The van der Waals surface area contributed by atoms with Crippen LogP contribution in [0.3, 0.4) is 0 Å². The number of alkyl halides is 3. The third-order valence-electron chi connectivity index (χ3n) is 3.88. The first kappa shape index (κ1) is 15.6. The van der Waals surface area contributed by atoms with Crippen LogP contribution >= 0.6 is 0 Å². The van der Waals surface area contributed by atoms with E-state index in [4.69, 9.17) is 0 Å². The summed E-state index contributed by atoms with van der Waals surface area (Å²) >= 11 is 0. The van der Waals surface area contributed by atoms with Crippen LogP contribution in [-0.4, -0.2) is 29.2 Å². The van der Waals surface area contributed by atoms with Crippen LogP contribution in [0.2, 0.25) is 0 Å². The molecule has 1 aliphatic rings. The minimum Gasteiger partial charge on any atom is -0.394 e. The average molecular weight is 304 g/mol. The van der Waals surface area contributed by atoms with Crippen LogP contribution in [-0.2, 0) is 6.18 Å². The molecular weight excluding hydrogens is 289 g/mol. The van der Waals surface area contributed by atoms with Crippen molar-refractivity contribution in [1.82, 2.24) is 0 Å². The Morgan fingerprint density at radius 3 is 2.67 bits per heavy atom. The maximum atomic E-state index is 13.2. The van der Waals surface area contributed by atoms with E-state index in [0.29, 0.717) is 19.0 Å². The summed E-state index contributed by atoms with van der Waals surface area (Å²) in [4.78, 5) is 11.3. The second kappa shape index (κ2) is 5.51. The number of benzene rings is 1. The summed E-state index contributed by atoms with van der Waals surface area (Å²) in [6, 6.07) is 2.31. The fraction of sp³-hybridized carbons (Fsp3) is 0.538. The van der Waals surface area contributed by atoms with Gasteiger partial charge in [0.2, 0.25) is 0 Å². The number of hydrogen-bond donors (Lipinski definition) is 1. The topological polar surface area (TPSA) is 66.6 Å². The average Bonchev–Trinajstić information content (AvgIpc) is 2.77. The van der Waals surface area contributed by atoms with Gasteiger partial charge in [-0.2, -0.15) is 13.2 Å². The lowest BCUT2D eigenvalue weighted by Crippen LogP contribution is -2.36. The van der Waals surface area contributed by atoms with Gasteiger partial charge >= 0.3 is 6.18 Å². The van der Waals surface area contributed by atoms with Gasteiger partial charge in [-0.05, 0) is 18.4 Å². The molecule has 0 saturated carbocycles. The van der Waals surface area contributed by atoms with Crippen LogP contribution in [0.1, 0.15) is 18.9 Å². The van der Waals surface area contributed by atoms with Gasteiger partial charge in [0.05, 0.1) is 23.1 Å². The molecule has 0 aromatic heterocycles. The quantitative estimate of drug-likeness (QED) is 0.689. The van der Waals surface area contributed by atoms with Gasteiger partial charge in [-0.1, -0.05) is 6.92 Å². The first-order valence-corrected chi connectivity index (χ1v) is 6.49. The van der Waals surface area contributed by atoms with E-state index in [-0.39, 0.29) is 18.2 Å². The molecule has 0 aliphatic carbocycles. The van der Waals surface area contributed by atoms with Crippen molar-refractivity contribution in [2.75, 3.05) is 18.1 Å².